The summed E-state index contributed by atoms with van der Waals surface area (Å²) >= 11 is 11.1. The van der Waals surface area contributed by atoms with Crippen LogP contribution in [0.15, 0.2) is 47.1 Å². The monoisotopic (exact) mass is 323 g/mol. The van der Waals surface area contributed by atoms with E-state index in [2.05, 4.69) is 15.5 Å². The number of likely N-dealkylation sites (N-methyl/N-ethyl adjacent to an activating group) is 1. The Labute approximate surface area is 135 Å². The summed E-state index contributed by atoms with van der Waals surface area (Å²) in [5.41, 5.74) is 0.899. The van der Waals surface area contributed by atoms with Gasteiger partial charge in [-0.05, 0) is 62.7 Å². The second-order valence-electron chi connectivity index (χ2n) is 4.84. The first-order valence-electron chi connectivity index (χ1n) is 6.56. The van der Waals surface area contributed by atoms with Crippen LogP contribution >= 0.6 is 23.8 Å². The topological polar surface area (TPSA) is 40.4 Å². The van der Waals surface area contributed by atoms with E-state index in [1.54, 1.807) is 6.26 Å². The lowest BCUT2D eigenvalue weighted by Gasteiger charge is -2.23. The minimum absolute atomic E-state index is 0.116. The third-order valence-corrected chi connectivity index (χ3v) is 3.55. The number of nitrogens with zero attached hydrogens (tertiary/aromatic N) is 1. The summed E-state index contributed by atoms with van der Waals surface area (Å²) in [4.78, 5) is 2.08. The summed E-state index contributed by atoms with van der Waals surface area (Å²) in [5, 5.41) is 7.59. The first-order chi connectivity index (χ1) is 10.1. The van der Waals surface area contributed by atoms with E-state index < -0.39 is 0 Å². The molecule has 0 aliphatic heterocycles. The number of hydrogen-bond donors (Lipinski definition) is 2. The van der Waals surface area contributed by atoms with Crippen molar-refractivity contribution in [2.24, 2.45) is 0 Å². The first kappa shape index (κ1) is 15.8. The van der Waals surface area contributed by atoms with E-state index in [0.717, 1.165) is 11.4 Å². The van der Waals surface area contributed by atoms with Gasteiger partial charge < -0.3 is 15.1 Å². The van der Waals surface area contributed by atoms with E-state index in [1.807, 2.05) is 50.5 Å². The smallest absolute Gasteiger partial charge is 0.170 e. The van der Waals surface area contributed by atoms with Crippen LogP contribution in [-0.4, -0.2) is 30.7 Å². The molecule has 1 aromatic heterocycles. The summed E-state index contributed by atoms with van der Waals surface area (Å²) < 4.78 is 5.46. The molecule has 21 heavy (non-hydrogen) atoms. The van der Waals surface area contributed by atoms with Gasteiger partial charge in [0.2, 0.25) is 0 Å². The van der Waals surface area contributed by atoms with Crippen LogP contribution in [0.2, 0.25) is 5.02 Å². The van der Waals surface area contributed by atoms with E-state index in [4.69, 9.17) is 28.2 Å². The molecule has 0 unspecified atom stereocenters. The van der Waals surface area contributed by atoms with Gasteiger partial charge in [-0.1, -0.05) is 11.6 Å². The zero-order valence-corrected chi connectivity index (χ0v) is 13.5. The van der Waals surface area contributed by atoms with Gasteiger partial charge in [0.1, 0.15) is 5.76 Å². The van der Waals surface area contributed by atoms with E-state index in [1.165, 1.54) is 0 Å². The Bertz CT molecular complexity index is 569. The molecule has 0 amide bonds. The third-order valence-electron chi connectivity index (χ3n) is 3.05. The van der Waals surface area contributed by atoms with Crippen molar-refractivity contribution in [1.29, 1.82) is 0 Å². The summed E-state index contributed by atoms with van der Waals surface area (Å²) in [6.45, 7) is 0.653. The molecule has 0 spiro atoms. The van der Waals surface area contributed by atoms with Crippen molar-refractivity contribution in [2.45, 2.75) is 6.04 Å². The van der Waals surface area contributed by atoms with Gasteiger partial charge in [-0.2, -0.15) is 0 Å². The maximum atomic E-state index is 5.85. The van der Waals surface area contributed by atoms with Gasteiger partial charge in [0.15, 0.2) is 5.11 Å². The quantitative estimate of drug-likeness (QED) is 0.824. The van der Waals surface area contributed by atoms with Crippen molar-refractivity contribution in [3.8, 4) is 0 Å². The average molecular weight is 324 g/mol. The molecule has 0 radical (unpaired) electrons. The van der Waals surface area contributed by atoms with Gasteiger partial charge in [0, 0.05) is 17.3 Å². The van der Waals surface area contributed by atoms with E-state index in [-0.39, 0.29) is 6.04 Å². The highest BCUT2D eigenvalue weighted by molar-refractivity contribution is 7.80. The number of anilines is 1. The Morgan fingerprint density at radius 2 is 2.00 bits per heavy atom. The van der Waals surface area contributed by atoms with Crippen LogP contribution in [0.1, 0.15) is 11.8 Å². The zero-order valence-electron chi connectivity index (χ0n) is 12.0. The largest absolute Gasteiger partial charge is 0.468 e. The van der Waals surface area contributed by atoms with Gasteiger partial charge in [-0.15, -0.1) is 0 Å². The van der Waals surface area contributed by atoms with E-state index >= 15 is 0 Å². The van der Waals surface area contributed by atoms with Gasteiger partial charge in [0.05, 0.1) is 12.3 Å². The molecule has 0 aliphatic rings. The number of rotatable bonds is 5. The van der Waals surface area contributed by atoms with Crippen LogP contribution in [0.25, 0.3) is 0 Å². The van der Waals surface area contributed by atoms with Gasteiger partial charge in [-0.25, -0.2) is 0 Å². The minimum atomic E-state index is 0.116. The Morgan fingerprint density at radius 3 is 2.57 bits per heavy atom. The van der Waals surface area contributed by atoms with E-state index in [9.17, 15) is 0 Å². The SMILES string of the molecule is CN(C)[C@@H](CNC(=S)Nc1ccc(Cl)cc1)c1ccco1. The first-order valence-corrected chi connectivity index (χ1v) is 7.35. The summed E-state index contributed by atoms with van der Waals surface area (Å²) in [6, 6.07) is 11.4. The predicted octanol–water partition coefficient (Wildman–Crippen LogP) is 3.52. The second kappa shape index (κ2) is 7.45. The van der Waals surface area contributed by atoms with Crippen LogP contribution in [0.3, 0.4) is 0 Å². The Morgan fingerprint density at radius 1 is 1.29 bits per heavy atom. The van der Waals surface area contributed by atoms with Crippen molar-refractivity contribution in [1.82, 2.24) is 10.2 Å². The number of nitrogens with one attached hydrogen (secondary N) is 2. The van der Waals surface area contributed by atoms with Crippen molar-refractivity contribution in [3.63, 3.8) is 0 Å². The van der Waals surface area contributed by atoms with Crippen LogP contribution < -0.4 is 10.6 Å². The van der Waals surface area contributed by atoms with Crippen molar-refractivity contribution < 1.29 is 4.42 Å². The molecule has 0 saturated heterocycles. The molecule has 0 saturated carbocycles. The fourth-order valence-corrected chi connectivity index (χ4v) is 2.24. The predicted molar refractivity (Wildman–Crippen MR) is 90.8 cm³/mol. The summed E-state index contributed by atoms with van der Waals surface area (Å²) in [7, 11) is 4.01. The van der Waals surface area contributed by atoms with Gasteiger partial charge >= 0.3 is 0 Å². The zero-order chi connectivity index (χ0) is 15.2. The fraction of sp³-hybridized carbons (Fsp3) is 0.267. The molecule has 1 heterocycles. The normalized spacial score (nSPS) is 12.2. The fourth-order valence-electron chi connectivity index (χ4n) is 1.92. The summed E-state index contributed by atoms with van der Waals surface area (Å²) in [5.74, 6) is 0.904. The van der Waals surface area contributed by atoms with Crippen molar-refractivity contribution in [2.75, 3.05) is 26.0 Å². The van der Waals surface area contributed by atoms with Crippen LogP contribution in [-0.2, 0) is 0 Å². The number of halogens is 1. The van der Waals surface area contributed by atoms with Gasteiger partial charge in [0.25, 0.3) is 0 Å². The van der Waals surface area contributed by atoms with Crippen LogP contribution in [0.5, 0.6) is 0 Å². The molecule has 4 nitrogen and oxygen atoms in total. The standard InChI is InChI=1S/C15H18ClN3OS/c1-19(2)13(14-4-3-9-20-14)10-17-15(21)18-12-7-5-11(16)6-8-12/h3-9,13H,10H2,1-2H3,(H2,17,18,21)/t13-/m0/s1. The number of thiocarbonyl (C=S) groups is 1. The summed E-state index contributed by atoms with van der Waals surface area (Å²) in [6.07, 6.45) is 1.68. The van der Waals surface area contributed by atoms with Crippen molar-refractivity contribution in [3.05, 3.63) is 53.4 Å². The van der Waals surface area contributed by atoms with E-state index in [0.29, 0.717) is 16.7 Å². The molecule has 0 aliphatic carbocycles. The molecule has 1 aromatic carbocycles. The molecule has 2 aromatic rings. The molecule has 2 rings (SSSR count). The highest BCUT2D eigenvalue weighted by Gasteiger charge is 2.16. The highest BCUT2D eigenvalue weighted by Crippen LogP contribution is 2.18. The Balaban J connectivity index is 1.89. The molecule has 6 heteroatoms. The number of furan rings is 1. The molecule has 112 valence electrons. The Kier molecular flexibility index (Phi) is 5.61. The van der Waals surface area contributed by atoms with Gasteiger partial charge in [-0.3, -0.25) is 4.90 Å². The highest BCUT2D eigenvalue weighted by atomic mass is 35.5. The molecule has 0 bridgehead atoms. The second-order valence-corrected chi connectivity index (χ2v) is 5.68. The lowest BCUT2D eigenvalue weighted by atomic mass is 10.2. The number of benzene rings is 1. The maximum Gasteiger partial charge on any atom is 0.170 e. The minimum Gasteiger partial charge on any atom is -0.468 e. The van der Waals surface area contributed by atoms with Crippen molar-refractivity contribution >= 4 is 34.6 Å². The lowest BCUT2D eigenvalue weighted by Crippen LogP contribution is -2.36. The third kappa shape index (κ3) is 4.74. The van der Waals surface area contributed by atoms with Crippen LogP contribution in [0.4, 0.5) is 5.69 Å². The van der Waals surface area contributed by atoms with Crippen LogP contribution in [0, 0.1) is 0 Å². The molecule has 1 atom stereocenters. The maximum absolute atomic E-state index is 5.85. The molecule has 0 fully saturated rings. The lowest BCUT2D eigenvalue weighted by molar-refractivity contribution is 0.259. The molecular formula is C15H18ClN3OS. The average Bonchev–Trinajstić information content (AvgIpc) is 2.95. The molecule has 2 N–H and O–H groups in total. The Hall–Kier alpha value is -1.56. The number of hydrogen-bond acceptors (Lipinski definition) is 3. The molecular weight excluding hydrogens is 306 g/mol.